The van der Waals surface area contributed by atoms with Crippen molar-refractivity contribution < 1.29 is 0 Å². The maximum atomic E-state index is 4.18. The van der Waals surface area contributed by atoms with E-state index in [0.29, 0.717) is 0 Å². The van der Waals surface area contributed by atoms with Crippen LogP contribution in [0.5, 0.6) is 0 Å². The monoisotopic (exact) mass is 445 g/mol. The summed E-state index contributed by atoms with van der Waals surface area (Å²) in [5, 5.41) is 10.9. The summed E-state index contributed by atoms with van der Waals surface area (Å²) >= 11 is 1.71. The normalized spacial score (nSPS) is 12.4. The topological polar surface area (TPSA) is 12.9 Å². The van der Waals surface area contributed by atoms with Crippen LogP contribution >= 0.6 is 11.3 Å². The van der Waals surface area contributed by atoms with Crippen LogP contribution in [0.3, 0.4) is 0 Å². The van der Waals surface area contributed by atoms with Gasteiger partial charge in [0.05, 0.1) is 5.52 Å². The summed E-state index contributed by atoms with van der Waals surface area (Å²) in [6.45, 7) is 0. The third kappa shape index (κ3) is 4.97. The first-order valence-corrected chi connectivity index (χ1v) is 12.5. The lowest BCUT2D eigenvalue weighted by Crippen LogP contribution is -2.02. The van der Waals surface area contributed by atoms with Gasteiger partial charge in [0.1, 0.15) is 0 Å². The van der Waals surface area contributed by atoms with E-state index < -0.39 is 0 Å². The molecule has 0 saturated heterocycles. The highest BCUT2D eigenvalue weighted by atomic mass is 32.1. The van der Waals surface area contributed by atoms with E-state index in [1.807, 2.05) is 53.4 Å². The second-order valence-corrected chi connectivity index (χ2v) is 9.10. The number of thiophene rings is 1. The summed E-state index contributed by atoms with van der Waals surface area (Å²) in [5.74, 6) is 0. The lowest BCUT2D eigenvalue weighted by Gasteiger charge is -2.18. The molecule has 0 saturated carbocycles. The molecule has 1 nitrogen and oxygen atoms in total. The maximum absolute atomic E-state index is 4.18. The molecule has 0 unspecified atom stereocenters. The SMILES string of the molecule is c1ccc2c(c1)ccc1c3c(ccc12)CCCC3.c1ccc2ncccc2c1.c1ccsc1. The summed E-state index contributed by atoms with van der Waals surface area (Å²) in [6.07, 6.45) is 7.02. The van der Waals surface area contributed by atoms with Crippen molar-refractivity contribution in [2.45, 2.75) is 25.7 Å². The smallest absolute Gasteiger partial charge is 0.0701 e. The number of rotatable bonds is 0. The van der Waals surface area contributed by atoms with Gasteiger partial charge in [0.2, 0.25) is 0 Å². The van der Waals surface area contributed by atoms with Crippen LogP contribution in [0.2, 0.25) is 0 Å². The molecule has 2 heterocycles. The Balaban J connectivity index is 0.000000127. The van der Waals surface area contributed by atoms with Gasteiger partial charge in [-0.2, -0.15) is 11.3 Å². The van der Waals surface area contributed by atoms with E-state index in [2.05, 4.69) is 65.6 Å². The largest absolute Gasteiger partial charge is 0.256 e. The average molecular weight is 446 g/mol. The minimum atomic E-state index is 1.06. The van der Waals surface area contributed by atoms with E-state index in [-0.39, 0.29) is 0 Å². The molecule has 0 amide bonds. The van der Waals surface area contributed by atoms with E-state index in [9.17, 15) is 0 Å². The maximum Gasteiger partial charge on any atom is 0.0701 e. The van der Waals surface area contributed by atoms with Crippen LogP contribution in [0.15, 0.2) is 114 Å². The minimum Gasteiger partial charge on any atom is -0.256 e. The van der Waals surface area contributed by atoms with Crippen molar-refractivity contribution in [2.24, 2.45) is 0 Å². The van der Waals surface area contributed by atoms with Gasteiger partial charge in [-0.3, -0.25) is 4.98 Å². The number of fused-ring (bicyclic) bond motifs is 6. The molecule has 0 atom stereocenters. The van der Waals surface area contributed by atoms with Crippen LogP contribution in [0.1, 0.15) is 24.0 Å². The van der Waals surface area contributed by atoms with Crippen LogP contribution in [-0.2, 0) is 12.8 Å². The summed E-state index contributed by atoms with van der Waals surface area (Å²) in [7, 11) is 0. The van der Waals surface area contributed by atoms with E-state index in [1.165, 1.54) is 52.6 Å². The first-order valence-electron chi connectivity index (χ1n) is 11.6. The fourth-order valence-corrected chi connectivity index (χ4v) is 5.04. The molecule has 4 aromatic carbocycles. The summed E-state index contributed by atoms with van der Waals surface area (Å²) in [4.78, 5) is 4.18. The molecule has 0 radical (unpaired) electrons. The van der Waals surface area contributed by atoms with Crippen LogP contribution in [0.25, 0.3) is 32.4 Å². The summed E-state index contributed by atoms with van der Waals surface area (Å²) in [6, 6.07) is 34.1. The van der Waals surface area contributed by atoms with Crippen molar-refractivity contribution in [3.63, 3.8) is 0 Å². The fourth-order valence-electron chi connectivity index (χ4n) is 4.59. The van der Waals surface area contributed by atoms with Gasteiger partial charge in [-0.15, -0.1) is 0 Å². The quantitative estimate of drug-likeness (QED) is 0.213. The molecule has 1 aliphatic carbocycles. The Bertz CT molecular complexity index is 1380. The zero-order valence-electron chi connectivity index (χ0n) is 18.7. The fraction of sp³-hybridized carbons (Fsp3) is 0.129. The molecule has 33 heavy (non-hydrogen) atoms. The molecular weight excluding hydrogens is 418 g/mol. The van der Waals surface area contributed by atoms with Crippen molar-refractivity contribution in [1.82, 2.24) is 4.98 Å². The number of aryl methyl sites for hydroxylation is 2. The summed E-state index contributed by atoms with van der Waals surface area (Å²) in [5.41, 5.74) is 4.23. The molecule has 0 bridgehead atoms. The van der Waals surface area contributed by atoms with Gasteiger partial charge in [-0.1, -0.05) is 84.9 Å². The minimum absolute atomic E-state index is 1.06. The molecule has 2 heteroatoms. The third-order valence-electron chi connectivity index (χ3n) is 6.20. The molecule has 162 valence electrons. The van der Waals surface area contributed by atoms with Crippen molar-refractivity contribution in [3.05, 3.63) is 125 Å². The van der Waals surface area contributed by atoms with Gasteiger partial charge in [-0.05, 0) is 81.2 Å². The third-order valence-corrected chi connectivity index (χ3v) is 6.82. The van der Waals surface area contributed by atoms with Gasteiger partial charge in [0, 0.05) is 11.6 Å². The lowest BCUT2D eigenvalue weighted by molar-refractivity contribution is 0.690. The highest BCUT2D eigenvalue weighted by Gasteiger charge is 2.13. The Morgan fingerprint density at radius 1 is 0.545 bits per heavy atom. The van der Waals surface area contributed by atoms with Crippen molar-refractivity contribution in [2.75, 3.05) is 0 Å². The van der Waals surface area contributed by atoms with E-state index >= 15 is 0 Å². The van der Waals surface area contributed by atoms with Crippen molar-refractivity contribution >= 4 is 43.8 Å². The van der Waals surface area contributed by atoms with Crippen LogP contribution in [0, 0.1) is 0 Å². The lowest BCUT2D eigenvalue weighted by atomic mass is 9.86. The Morgan fingerprint density at radius 3 is 2.09 bits per heavy atom. The predicted octanol–water partition coefficient (Wildman–Crippen LogP) is 8.85. The molecule has 0 aliphatic heterocycles. The standard InChI is InChI=1S/C18H16.C9H7N.C4H4S/c1-3-7-15-13(5-1)9-11-18-16-8-4-2-6-14(16)10-12-17(15)18;1-2-6-9-8(4-1)5-3-7-10-9;1-2-4-5-3-1/h1,3,5,7,9-12H,2,4,6,8H2;1-7H;1-4H. The average Bonchev–Trinajstić information content (AvgIpc) is 3.49. The molecule has 0 N–H and O–H groups in total. The Kier molecular flexibility index (Phi) is 6.74. The number of benzene rings is 4. The summed E-state index contributed by atoms with van der Waals surface area (Å²) < 4.78 is 0. The van der Waals surface area contributed by atoms with Gasteiger partial charge >= 0.3 is 0 Å². The number of para-hydroxylation sites is 1. The van der Waals surface area contributed by atoms with Gasteiger partial charge in [0.25, 0.3) is 0 Å². The number of nitrogens with zero attached hydrogens (tertiary/aromatic N) is 1. The number of hydrogen-bond acceptors (Lipinski definition) is 2. The highest BCUT2D eigenvalue weighted by molar-refractivity contribution is 7.07. The van der Waals surface area contributed by atoms with E-state index in [1.54, 1.807) is 22.5 Å². The highest BCUT2D eigenvalue weighted by Crippen LogP contribution is 2.33. The first-order chi connectivity index (χ1) is 16.4. The van der Waals surface area contributed by atoms with E-state index in [4.69, 9.17) is 0 Å². The van der Waals surface area contributed by atoms with Crippen LogP contribution in [-0.4, -0.2) is 4.98 Å². The molecular formula is C31H27NS. The Hall–Kier alpha value is -3.49. The van der Waals surface area contributed by atoms with Crippen LogP contribution < -0.4 is 0 Å². The second-order valence-electron chi connectivity index (χ2n) is 8.28. The second kappa shape index (κ2) is 10.4. The molecule has 1 aliphatic rings. The van der Waals surface area contributed by atoms with Crippen molar-refractivity contribution in [3.8, 4) is 0 Å². The number of aromatic nitrogens is 1. The molecule has 7 rings (SSSR count). The number of pyridine rings is 1. The first kappa shape index (κ1) is 21.4. The predicted molar refractivity (Wildman–Crippen MR) is 144 cm³/mol. The zero-order valence-corrected chi connectivity index (χ0v) is 19.5. The van der Waals surface area contributed by atoms with Crippen molar-refractivity contribution in [1.29, 1.82) is 0 Å². The zero-order chi connectivity index (χ0) is 22.3. The number of hydrogen-bond donors (Lipinski definition) is 0. The molecule has 6 aromatic rings. The Labute approximate surface area is 199 Å². The van der Waals surface area contributed by atoms with Gasteiger partial charge in [0.15, 0.2) is 0 Å². The Morgan fingerprint density at radius 2 is 1.27 bits per heavy atom. The van der Waals surface area contributed by atoms with Crippen LogP contribution in [0.4, 0.5) is 0 Å². The molecule has 0 fully saturated rings. The van der Waals surface area contributed by atoms with Gasteiger partial charge < -0.3 is 0 Å². The van der Waals surface area contributed by atoms with E-state index in [0.717, 1.165) is 5.52 Å². The molecule has 2 aromatic heterocycles. The van der Waals surface area contributed by atoms with Gasteiger partial charge in [-0.25, -0.2) is 0 Å². The molecule has 0 spiro atoms.